The zero-order valence-corrected chi connectivity index (χ0v) is 12.7. The SMILES string of the molecule is COc1ccc(N(C(=O)[C@@H]2CCCO2)[C@H](C)C2CC2)cc1. The summed E-state index contributed by atoms with van der Waals surface area (Å²) in [6.45, 7) is 2.85. The van der Waals surface area contributed by atoms with Gasteiger partial charge in [0.05, 0.1) is 7.11 Å². The zero-order chi connectivity index (χ0) is 14.8. The molecule has 1 saturated heterocycles. The van der Waals surface area contributed by atoms with Crippen LogP contribution in [0, 0.1) is 5.92 Å². The van der Waals surface area contributed by atoms with Crippen molar-refractivity contribution in [3.8, 4) is 5.75 Å². The Balaban J connectivity index is 1.84. The third-order valence-electron chi connectivity index (χ3n) is 4.50. The van der Waals surface area contributed by atoms with Gasteiger partial charge in [-0.1, -0.05) is 0 Å². The van der Waals surface area contributed by atoms with Crippen molar-refractivity contribution < 1.29 is 14.3 Å². The first-order chi connectivity index (χ1) is 10.2. The Morgan fingerprint density at radius 3 is 2.52 bits per heavy atom. The highest BCUT2D eigenvalue weighted by Gasteiger charge is 2.38. The summed E-state index contributed by atoms with van der Waals surface area (Å²) in [5, 5.41) is 0. The Morgan fingerprint density at radius 2 is 2.00 bits per heavy atom. The maximum atomic E-state index is 12.8. The van der Waals surface area contributed by atoms with Crippen molar-refractivity contribution in [2.45, 2.75) is 44.8 Å². The lowest BCUT2D eigenvalue weighted by atomic mass is 10.1. The van der Waals surface area contributed by atoms with Crippen LogP contribution >= 0.6 is 0 Å². The number of hydrogen-bond acceptors (Lipinski definition) is 3. The largest absolute Gasteiger partial charge is 0.497 e. The summed E-state index contributed by atoms with van der Waals surface area (Å²) in [6.07, 6.45) is 3.97. The van der Waals surface area contributed by atoms with Crippen LogP contribution in [-0.4, -0.2) is 31.8 Å². The fourth-order valence-electron chi connectivity index (χ4n) is 3.02. The Kier molecular flexibility index (Phi) is 4.15. The van der Waals surface area contributed by atoms with Crippen LogP contribution in [0.1, 0.15) is 32.6 Å². The Bertz CT molecular complexity index is 489. The van der Waals surface area contributed by atoms with Crippen LogP contribution in [-0.2, 0) is 9.53 Å². The Labute approximate surface area is 126 Å². The van der Waals surface area contributed by atoms with Gasteiger partial charge in [0.15, 0.2) is 0 Å². The van der Waals surface area contributed by atoms with Crippen molar-refractivity contribution in [2.24, 2.45) is 5.92 Å². The van der Waals surface area contributed by atoms with Crippen LogP contribution in [0.4, 0.5) is 5.69 Å². The van der Waals surface area contributed by atoms with Crippen LogP contribution < -0.4 is 9.64 Å². The molecule has 0 radical (unpaired) electrons. The summed E-state index contributed by atoms with van der Waals surface area (Å²) in [5.41, 5.74) is 0.940. The standard InChI is InChI=1S/C17H23NO3/c1-12(13-5-6-13)18(17(19)16-4-3-11-21-16)14-7-9-15(20-2)10-8-14/h7-10,12-13,16H,3-6,11H2,1-2H3/t12-,16+/m1/s1. The Hall–Kier alpha value is -1.55. The molecule has 0 aromatic heterocycles. The second-order valence-electron chi connectivity index (χ2n) is 5.99. The molecule has 0 N–H and O–H groups in total. The molecule has 1 aliphatic carbocycles. The van der Waals surface area contributed by atoms with Crippen LogP contribution in [0.15, 0.2) is 24.3 Å². The van der Waals surface area contributed by atoms with E-state index in [9.17, 15) is 4.79 Å². The van der Waals surface area contributed by atoms with Crippen LogP contribution in [0.25, 0.3) is 0 Å². The van der Waals surface area contributed by atoms with Gasteiger partial charge >= 0.3 is 0 Å². The van der Waals surface area contributed by atoms with Gasteiger partial charge in [0.25, 0.3) is 5.91 Å². The summed E-state index contributed by atoms with van der Waals surface area (Å²) in [6, 6.07) is 7.97. The van der Waals surface area contributed by atoms with Gasteiger partial charge in [0.1, 0.15) is 11.9 Å². The summed E-state index contributed by atoms with van der Waals surface area (Å²) in [5.74, 6) is 1.54. The number of benzene rings is 1. The van der Waals surface area contributed by atoms with Gasteiger partial charge in [-0.3, -0.25) is 4.79 Å². The number of carbonyl (C=O) groups is 1. The molecule has 1 aromatic rings. The minimum absolute atomic E-state index is 0.108. The topological polar surface area (TPSA) is 38.8 Å². The molecule has 1 aromatic carbocycles. The van der Waals surface area contributed by atoms with Crippen molar-refractivity contribution >= 4 is 11.6 Å². The van der Waals surface area contributed by atoms with Gasteiger partial charge in [-0.15, -0.1) is 0 Å². The Morgan fingerprint density at radius 1 is 1.29 bits per heavy atom. The lowest BCUT2D eigenvalue weighted by molar-refractivity contribution is -0.127. The molecular formula is C17H23NO3. The average molecular weight is 289 g/mol. The van der Waals surface area contributed by atoms with Crippen molar-refractivity contribution in [1.29, 1.82) is 0 Å². The molecule has 3 rings (SSSR count). The van der Waals surface area contributed by atoms with Gasteiger partial charge in [0.2, 0.25) is 0 Å². The van der Waals surface area contributed by atoms with Gasteiger partial charge in [-0.25, -0.2) is 0 Å². The third kappa shape index (κ3) is 3.05. The normalized spacial score (nSPS) is 22.9. The monoisotopic (exact) mass is 289 g/mol. The van der Waals surface area contributed by atoms with E-state index in [0.29, 0.717) is 12.5 Å². The van der Waals surface area contributed by atoms with Crippen LogP contribution in [0.2, 0.25) is 0 Å². The average Bonchev–Trinajstić information content (AvgIpc) is 3.22. The van der Waals surface area contributed by atoms with Crippen LogP contribution in [0.5, 0.6) is 5.75 Å². The van der Waals surface area contributed by atoms with Crippen molar-refractivity contribution in [1.82, 2.24) is 0 Å². The lowest BCUT2D eigenvalue weighted by Crippen LogP contribution is -2.45. The molecule has 2 fully saturated rings. The molecule has 21 heavy (non-hydrogen) atoms. The molecule has 4 heteroatoms. The number of carbonyl (C=O) groups excluding carboxylic acids is 1. The molecule has 0 bridgehead atoms. The third-order valence-corrected chi connectivity index (χ3v) is 4.50. The number of methoxy groups -OCH3 is 1. The molecule has 1 amide bonds. The number of rotatable bonds is 5. The van der Waals surface area contributed by atoms with E-state index in [4.69, 9.17) is 9.47 Å². The van der Waals surface area contributed by atoms with Crippen molar-refractivity contribution in [3.05, 3.63) is 24.3 Å². The summed E-state index contributed by atoms with van der Waals surface area (Å²) in [4.78, 5) is 14.8. The fourth-order valence-corrected chi connectivity index (χ4v) is 3.02. The smallest absolute Gasteiger partial charge is 0.256 e. The van der Waals surface area contributed by atoms with Gasteiger partial charge in [0, 0.05) is 18.3 Å². The second kappa shape index (κ2) is 6.06. The first kappa shape index (κ1) is 14.4. The molecular weight excluding hydrogens is 266 g/mol. The van der Waals surface area contributed by atoms with E-state index in [-0.39, 0.29) is 18.1 Å². The molecule has 0 spiro atoms. The number of hydrogen-bond donors (Lipinski definition) is 0. The predicted octanol–water partition coefficient (Wildman–Crippen LogP) is 3.01. The molecule has 1 aliphatic heterocycles. The summed E-state index contributed by atoms with van der Waals surface area (Å²) < 4.78 is 10.8. The molecule has 114 valence electrons. The van der Waals surface area contributed by atoms with E-state index in [1.165, 1.54) is 12.8 Å². The number of nitrogens with zero attached hydrogens (tertiary/aromatic N) is 1. The van der Waals surface area contributed by atoms with Crippen molar-refractivity contribution in [3.63, 3.8) is 0 Å². The highest BCUT2D eigenvalue weighted by Crippen LogP contribution is 2.38. The van der Waals surface area contributed by atoms with E-state index in [1.807, 2.05) is 29.2 Å². The van der Waals surface area contributed by atoms with Gasteiger partial charge in [-0.2, -0.15) is 0 Å². The highest BCUT2D eigenvalue weighted by molar-refractivity contribution is 5.97. The quantitative estimate of drug-likeness (QED) is 0.836. The van der Waals surface area contributed by atoms with E-state index in [0.717, 1.165) is 24.3 Å². The highest BCUT2D eigenvalue weighted by atomic mass is 16.5. The predicted molar refractivity (Wildman–Crippen MR) is 81.6 cm³/mol. The van der Waals surface area contributed by atoms with Gasteiger partial charge in [-0.05, 0) is 62.8 Å². The minimum Gasteiger partial charge on any atom is -0.497 e. The fraction of sp³-hybridized carbons (Fsp3) is 0.588. The number of ether oxygens (including phenoxy) is 2. The number of amides is 1. The molecule has 1 heterocycles. The molecule has 2 atom stereocenters. The van der Waals surface area contributed by atoms with E-state index >= 15 is 0 Å². The van der Waals surface area contributed by atoms with Gasteiger partial charge < -0.3 is 14.4 Å². The van der Waals surface area contributed by atoms with Crippen molar-refractivity contribution in [2.75, 3.05) is 18.6 Å². The summed E-state index contributed by atoms with van der Waals surface area (Å²) in [7, 11) is 1.65. The van der Waals surface area contributed by atoms with E-state index in [2.05, 4.69) is 6.92 Å². The van der Waals surface area contributed by atoms with E-state index in [1.54, 1.807) is 7.11 Å². The minimum atomic E-state index is -0.270. The first-order valence-corrected chi connectivity index (χ1v) is 7.79. The molecule has 1 saturated carbocycles. The van der Waals surface area contributed by atoms with E-state index < -0.39 is 0 Å². The summed E-state index contributed by atoms with van der Waals surface area (Å²) >= 11 is 0. The molecule has 2 aliphatic rings. The lowest BCUT2D eigenvalue weighted by Gasteiger charge is -2.31. The maximum Gasteiger partial charge on any atom is 0.256 e. The second-order valence-corrected chi connectivity index (χ2v) is 5.99. The van der Waals surface area contributed by atoms with Crippen LogP contribution in [0.3, 0.4) is 0 Å². The first-order valence-electron chi connectivity index (χ1n) is 7.79. The number of anilines is 1. The molecule has 0 unspecified atom stereocenters. The maximum absolute atomic E-state index is 12.8. The molecule has 4 nitrogen and oxygen atoms in total. The zero-order valence-electron chi connectivity index (χ0n) is 12.7.